The average molecular weight is 512 g/mol. The molecule has 9 nitrogen and oxygen atoms in total. The van der Waals surface area contributed by atoms with Crippen molar-refractivity contribution in [3.8, 4) is 0 Å². The van der Waals surface area contributed by atoms with Gasteiger partial charge in [0, 0.05) is 51.6 Å². The van der Waals surface area contributed by atoms with Crippen LogP contribution in [0.3, 0.4) is 0 Å². The highest BCUT2D eigenvalue weighted by Gasteiger charge is 2.23. The Morgan fingerprint density at radius 1 is 1.17 bits per heavy atom. The SMILES string of the molecule is CC(C)N1CCN(c2cncc(/C(N)=C/N(N)c3c(F)ccc(NS(=O)(=O)C(C)C)c3F)c2)CC1.[HH]. The average Bonchev–Trinajstić information content (AvgIpc) is 2.81. The lowest BCUT2D eigenvalue weighted by molar-refractivity contribution is 0.209. The Morgan fingerprint density at radius 3 is 2.43 bits per heavy atom. The molecule has 2 heterocycles. The highest BCUT2D eigenvalue weighted by Crippen LogP contribution is 2.30. The minimum atomic E-state index is -3.85. The first-order valence-electron chi connectivity index (χ1n) is 11.4. The molecule has 0 radical (unpaired) electrons. The van der Waals surface area contributed by atoms with E-state index < -0.39 is 38.3 Å². The fourth-order valence-electron chi connectivity index (χ4n) is 3.67. The summed E-state index contributed by atoms with van der Waals surface area (Å²) >= 11 is 0. The number of halogens is 2. The van der Waals surface area contributed by atoms with Crippen molar-refractivity contribution in [2.24, 2.45) is 11.6 Å². The Hall–Kier alpha value is -2.96. The zero-order valence-electron chi connectivity index (χ0n) is 20.4. The number of rotatable bonds is 8. The van der Waals surface area contributed by atoms with Crippen LogP contribution in [0.5, 0.6) is 0 Å². The van der Waals surface area contributed by atoms with Crippen molar-refractivity contribution in [2.75, 3.05) is 40.8 Å². The Bertz CT molecular complexity index is 1190. The molecule has 5 N–H and O–H groups in total. The fraction of sp³-hybridized carbons (Fsp3) is 0.435. The summed E-state index contributed by atoms with van der Waals surface area (Å²) in [6, 6.07) is 4.26. The number of nitrogens with two attached hydrogens (primary N) is 2. The van der Waals surface area contributed by atoms with E-state index in [1.165, 1.54) is 26.2 Å². The lowest BCUT2D eigenvalue weighted by Crippen LogP contribution is -2.48. The van der Waals surface area contributed by atoms with Gasteiger partial charge in [-0.3, -0.25) is 19.6 Å². The molecule has 1 aliphatic heterocycles. The molecule has 0 unspecified atom stereocenters. The van der Waals surface area contributed by atoms with Gasteiger partial charge in [-0.2, -0.15) is 0 Å². The van der Waals surface area contributed by atoms with Crippen molar-refractivity contribution in [3.05, 3.63) is 54.0 Å². The molecule has 1 aromatic heterocycles. The number of nitrogens with zero attached hydrogens (tertiary/aromatic N) is 4. The van der Waals surface area contributed by atoms with Gasteiger partial charge in [0.05, 0.1) is 28.5 Å². The van der Waals surface area contributed by atoms with E-state index in [-0.39, 0.29) is 7.12 Å². The molecule has 35 heavy (non-hydrogen) atoms. The Labute approximate surface area is 206 Å². The maximum atomic E-state index is 15.0. The second-order valence-electron chi connectivity index (χ2n) is 8.99. The van der Waals surface area contributed by atoms with Gasteiger partial charge in [-0.25, -0.2) is 23.0 Å². The second kappa shape index (κ2) is 10.8. The molecule has 1 aliphatic rings. The van der Waals surface area contributed by atoms with Gasteiger partial charge in [-0.05, 0) is 45.9 Å². The van der Waals surface area contributed by atoms with Crippen molar-refractivity contribution in [1.82, 2.24) is 9.88 Å². The van der Waals surface area contributed by atoms with E-state index in [1.54, 1.807) is 6.20 Å². The van der Waals surface area contributed by atoms with E-state index in [0.29, 0.717) is 16.6 Å². The summed E-state index contributed by atoms with van der Waals surface area (Å²) in [5.41, 5.74) is 6.67. The number of hydrogen-bond acceptors (Lipinski definition) is 8. The molecule has 2 aromatic rings. The van der Waals surface area contributed by atoms with Crippen LogP contribution in [0.15, 0.2) is 36.8 Å². The molecule has 0 amide bonds. The normalized spacial score (nSPS) is 15.7. The highest BCUT2D eigenvalue weighted by molar-refractivity contribution is 7.93. The second-order valence-corrected chi connectivity index (χ2v) is 11.2. The predicted octanol–water partition coefficient (Wildman–Crippen LogP) is 2.92. The number of sulfonamides is 1. The van der Waals surface area contributed by atoms with Crippen LogP contribution in [0.1, 0.15) is 34.7 Å². The number of pyridine rings is 1. The molecule has 0 saturated carbocycles. The monoisotopic (exact) mass is 511 g/mol. The van der Waals surface area contributed by atoms with E-state index in [1.807, 2.05) is 6.07 Å². The number of piperazine rings is 1. The van der Waals surface area contributed by atoms with Crippen LogP contribution in [-0.2, 0) is 10.0 Å². The van der Waals surface area contributed by atoms with Crippen molar-refractivity contribution in [1.29, 1.82) is 0 Å². The first-order chi connectivity index (χ1) is 16.4. The van der Waals surface area contributed by atoms with E-state index >= 15 is 4.39 Å². The summed E-state index contributed by atoms with van der Waals surface area (Å²) in [5.74, 6) is 3.80. The van der Waals surface area contributed by atoms with E-state index in [9.17, 15) is 12.8 Å². The maximum Gasteiger partial charge on any atom is 0.235 e. The van der Waals surface area contributed by atoms with Crippen LogP contribution in [0.4, 0.5) is 25.8 Å². The fourth-order valence-corrected chi connectivity index (χ4v) is 4.37. The summed E-state index contributed by atoms with van der Waals surface area (Å²) in [6.07, 6.45) is 4.44. The predicted molar refractivity (Wildman–Crippen MR) is 138 cm³/mol. The van der Waals surface area contributed by atoms with Gasteiger partial charge < -0.3 is 10.6 Å². The summed E-state index contributed by atoms with van der Waals surface area (Å²) in [6.45, 7) is 10.8. The molecule has 0 aliphatic carbocycles. The first kappa shape index (κ1) is 26.6. The third-order valence-electron chi connectivity index (χ3n) is 5.94. The highest BCUT2D eigenvalue weighted by atomic mass is 32.2. The maximum absolute atomic E-state index is 15.0. The summed E-state index contributed by atoms with van der Waals surface area (Å²) in [4.78, 5) is 8.86. The Morgan fingerprint density at radius 2 is 1.83 bits per heavy atom. The van der Waals surface area contributed by atoms with Crippen molar-refractivity contribution in [3.63, 3.8) is 0 Å². The third kappa shape index (κ3) is 6.19. The number of hydrazine groups is 1. The number of anilines is 3. The molecule has 3 rings (SSSR count). The standard InChI is InChI=1S/C23H33F2N7O2S.H2/c1-15(2)30-7-9-31(10-8-30)18-11-17(12-28-13-18)20(26)14-32(27)23-19(24)5-6-21(22(23)25)29-35(33,34)16(3)4;/h5-6,11-16,29H,7-10,26-27H2,1-4H3;1H/b20-14-;. The van der Waals surface area contributed by atoms with Crippen LogP contribution in [-0.4, -0.2) is 55.8 Å². The molecule has 12 heteroatoms. The third-order valence-corrected chi connectivity index (χ3v) is 7.69. The van der Waals surface area contributed by atoms with Crippen molar-refractivity contribution < 1.29 is 18.6 Å². The largest absolute Gasteiger partial charge is 0.397 e. The first-order valence-corrected chi connectivity index (χ1v) is 12.9. The molecule has 1 aromatic carbocycles. The van der Waals surface area contributed by atoms with Crippen LogP contribution >= 0.6 is 0 Å². The summed E-state index contributed by atoms with van der Waals surface area (Å²) < 4.78 is 55.9. The molecule has 194 valence electrons. The van der Waals surface area contributed by atoms with E-state index in [4.69, 9.17) is 11.6 Å². The lowest BCUT2D eigenvalue weighted by atomic mass is 10.1. The summed E-state index contributed by atoms with van der Waals surface area (Å²) in [7, 11) is -3.85. The molecule has 1 fully saturated rings. The molecule has 1 saturated heterocycles. The van der Waals surface area contributed by atoms with Gasteiger partial charge in [0.15, 0.2) is 11.6 Å². The Kier molecular flexibility index (Phi) is 8.18. The minimum absolute atomic E-state index is 0. The van der Waals surface area contributed by atoms with Crippen LogP contribution in [0, 0.1) is 11.6 Å². The number of benzene rings is 1. The van der Waals surface area contributed by atoms with Gasteiger partial charge in [0.2, 0.25) is 10.0 Å². The Balaban J connectivity index is 0.00000456. The van der Waals surface area contributed by atoms with Gasteiger partial charge in [0.25, 0.3) is 0 Å². The van der Waals surface area contributed by atoms with Gasteiger partial charge in [0.1, 0.15) is 5.69 Å². The molecule has 0 bridgehead atoms. The van der Waals surface area contributed by atoms with Crippen molar-refractivity contribution >= 4 is 32.8 Å². The van der Waals surface area contributed by atoms with Crippen LogP contribution < -0.4 is 26.2 Å². The van der Waals surface area contributed by atoms with Crippen LogP contribution in [0.2, 0.25) is 0 Å². The molecule has 0 spiro atoms. The quantitative estimate of drug-likeness (QED) is 0.365. The summed E-state index contributed by atoms with van der Waals surface area (Å²) in [5, 5.41) is -0.116. The van der Waals surface area contributed by atoms with Crippen molar-refractivity contribution in [2.45, 2.75) is 39.0 Å². The molecular weight excluding hydrogens is 476 g/mol. The van der Waals surface area contributed by atoms with Gasteiger partial charge in [-0.15, -0.1) is 0 Å². The number of nitrogens with one attached hydrogen (secondary N) is 1. The molecule has 0 atom stereocenters. The number of hydrogen-bond donors (Lipinski definition) is 3. The smallest absolute Gasteiger partial charge is 0.235 e. The zero-order valence-corrected chi connectivity index (χ0v) is 21.2. The lowest BCUT2D eigenvalue weighted by Gasteiger charge is -2.38. The number of aromatic nitrogens is 1. The van der Waals surface area contributed by atoms with Gasteiger partial charge in [-0.1, -0.05) is 0 Å². The zero-order chi connectivity index (χ0) is 25.9. The van der Waals surface area contributed by atoms with Gasteiger partial charge >= 0.3 is 0 Å². The minimum Gasteiger partial charge on any atom is -0.397 e. The van der Waals surface area contributed by atoms with E-state index in [0.717, 1.165) is 44.0 Å². The topological polar surface area (TPSA) is 121 Å². The molecular formula is C23H35F2N7O2S. The van der Waals surface area contributed by atoms with E-state index in [2.05, 4.69) is 33.4 Å². The van der Waals surface area contributed by atoms with Crippen LogP contribution in [0.25, 0.3) is 5.70 Å².